The van der Waals surface area contributed by atoms with Crippen molar-refractivity contribution in [3.8, 4) is 5.75 Å². The van der Waals surface area contributed by atoms with Gasteiger partial charge < -0.3 is 9.84 Å². The van der Waals surface area contributed by atoms with Crippen molar-refractivity contribution in [1.82, 2.24) is 0 Å². The second-order valence-electron chi connectivity index (χ2n) is 4.22. The lowest BCUT2D eigenvalue weighted by molar-refractivity contribution is -0.137. The zero-order valence-corrected chi connectivity index (χ0v) is 9.40. The number of ether oxygens (including phenoxy) is 1. The van der Waals surface area contributed by atoms with E-state index in [1.807, 2.05) is 18.2 Å². The topological polar surface area (TPSA) is 46.5 Å². The molecule has 0 amide bonds. The number of methoxy groups -OCH3 is 1. The molecule has 0 aliphatic heterocycles. The summed E-state index contributed by atoms with van der Waals surface area (Å²) in [7, 11) is 1.66. The lowest BCUT2D eigenvalue weighted by Crippen LogP contribution is -2.14. The molecule has 3 heteroatoms. The van der Waals surface area contributed by atoms with E-state index in [0.29, 0.717) is 0 Å². The minimum atomic E-state index is -0.722. The fourth-order valence-corrected chi connectivity index (χ4v) is 2.53. The third-order valence-electron chi connectivity index (χ3n) is 3.23. The SMILES string of the molecule is COc1cccc2c1CCC[C@H]2CC(=O)O. The molecule has 0 saturated carbocycles. The molecule has 1 aromatic rings. The van der Waals surface area contributed by atoms with Crippen LogP contribution in [0.5, 0.6) is 5.75 Å². The molecule has 1 atom stereocenters. The Morgan fingerprint density at radius 2 is 2.38 bits per heavy atom. The van der Waals surface area contributed by atoms with Gasteiger partial charge >= 0.3 is 5.97 Å². The highest BCUT2D eigenvalue weighted by molar-refractivity contribution is 5.68. The molecule has 0 bridgehead atoms. The molecule has 0 fully saturated rings. The monoisotopic (exact) mass is 220 g/mol. The summed E-state index contributed by atoms with van der Waals surface area (Å²) in [6, 6.07) is 5.92. The van der Waals surface area contributed by atoms with Crippen LogP contribution in [0.2, 0.25) is 0 Å². The van der Waals surface area contributed by atoms with E-state index in [1.54, 1.807) is 7.11 Å². The van der Waals surface area contributed by atoms with Crippen LogP contribution in [-0.2, 0) is 11.2 Å². The average molecular weight is 220 g/mol. The van der Waals surface area contributed by atoms with Crippen LogP contribution in [0.4, 0.5) is 0 Å². The van der Waals surface area contributed by atoms with Gasteiger partial charge in [-0.15, -0.1) is 0 Å². The van der Waals surface area contributed by atoms with E-state index in [2.05, 4.69) is 0 Å². The van der Waals surface area contributed by atoms with Crippen molar-refractivity contribution in [3.05, 3.63) is 29.3 Å². The van der Waals surface area contributed by atoms with Crippen molar-refractivity contribution in [2.45, 2.75) is 31.6 Å². The summed E-state index contributed by atoms with van der Waals surface area (Å²) in [6.45, 7) is 0. The van der Waals surface area contributed by atoms with Gasteiger partial charge in [-0.2, -0.15) is 0 Å². The predicted molar refractivity (Wildman–Crippen MR) is 60.9 cm³/mol. The van der Waals surface area contributed by atoms with E-state index in [1.165, 1.54) is 5.56 Å². The zero-order valence-electron chi connectivity index (χ0n) is 9.40. The smallest absolute Gasteiger partial charge is 0.303 e. The Kier molecular flexibility index (Phi) is 3.13. The fourth-order valence-electron chi connectivity index (χ4n) is 2.53. The van der Waals surface area contributed by atoms with Gasteiger partial charge in [0.25, 0.3) is 0 Å². The van der Waals surface area contributed by atoms with E-state index in [0.717, 1.165) is 30.6 Å². The van der Waals surface area contributed by atoms with Gasteiger partial charge in [-0.1, -0.05) is 12.1 Å². The molecule has 0 saturated heterocycles. The summed E-state index contributed by atoms with van der Waals surface area (Å²) in [5, 5.41) is 8.89. The summed E-state index contributed by atoms with van der Waals surface area (Å²) < 4.78 is 5.32. The fraction of sp³-hybridized carbons (Fsp3) is 0.462. The molecule has 0 heterocycles. The number of carboxylic acids is 1. The lowest BCUT2D eigenvalue weighted by atomic mass is 9.81. The number of aliphatic carboxylic acids is 1. The van der Waals surface area contributed by atoms with Gasteiger partial charge in [-0.05, 0) is 42.4 Å². The van der Waals surface area contributed by atoms with Gasteiger partial charge in [-0.3, -0.25) is 4.79 Å². The normalized spacial score (nSPS) is 18.9. The van der Waals surface area contributed by atoms with Gasteiger partial charge in [0.2, 0.25) is 0 Å². The third kappa shape index (κ3) is 2.03. The van der Waals surface area contributed by atoms with E-state index >= 15 is 0 Å². The van der Waals surface area contributed by atoms with Crippen LogP contribution < -0.4 is 4.74 Å². The molecular formula is C13H16O3. The first-order valence-electron chi connectivity index (χ1n) is 5.60. The van der Waals surface area contributed by atoms with Crippen molar-refractivity contribution in [1.29, 1.82) is 0 Å². The van der Waals surface area contributed by atoms with Gasteiger partial charge in [-0.25, -0.2) is 0 Å². The number of rotatable bonds is 3. The van der Waals surface area contributed by atoms with Crippen molar-refractivity contribution in [3.63, 3.8) is 0 Å². The maximum absolute atomic E-state index is 10.8. The number of carbonyl (C=O) groups is 1. The van der Waals surface area contributed by atoms with Crippen LogP contribution >= 0.6 is 0 Å². The molecule has 2 rings (SSSR count). The second kappa shape index (κ2) is 4.56. The molecule has 1 aliphatic rings. The quantitative estimate of drug-likeness (QED) is 0.851. The third-order valence-corrected chi connectivity index (χ3v) is 3.23. The number of carboxylic acid groups (broad SMARTS) is 1. The van der Waals surface area contributed by atoms with Crippen LogP contribution in [0.1, 0.15) is 36.3 Å². The zero-order chi connectivity index (χ0) is 11.5. The molecule has 86 valence electrons. The molecule has 0 spiro atoms. The maximum Gasteiger partial charge on any atom is 0.303 e. The number of benzene rings is 1. The summed E-state index contributed by atoms with van der Waals surface area (Å²) >= 11 is 0. The standard InChI is InChI=1S/C13H16O3/c1-16-12-7-3-5-10-9(8-13(14)15)4-2-6-11(10)12/h3,5,7,9H,2,4,6,8H2,1H3,(H,14,15)/t9-/m0/s1. The summed E-state index contributed by atoms with van der Waals surface area (Å²) in [5.41, 5.74) is 2.36. The lowest BCUT2D eigenvalue weighted by Gasteiger charge is -2.25. The minimum absolute atomic E-state index is 0.149. The van der Waals surface area contributed by atoms with Gasteiger partial charge in [0.15, 0.2) is 0 Å². The van der Waals surface area contributed by atoms with Crippen LogP contribution in [0, 0.1) is 0 Å². The Morgan fingerprint density at radius 3 is 3.06 bits per heavy atom. The Morgan fingerprint density at radius 1 is 1.56 bits per heavy atom. The molecule has 0 radical (unpaired) electrons. The Bertz CT molecular complexity index is 398. The highest BCUT2D eigenvalue weighted by atomic mass is 16.5. The van der Waals surface area contributed by atoms with E-state index in [-0.39, 0.29) is 12.3 Å². The summed E-state index contributed by atoms with van der Waals surface area (Å²) in [4.78, 5) is 10.8. The molecule has 16 heavy (non-hydrogen) atoms. The molecule has 0 aromatic heterocycles. The number of fused-ring (bicyclic) bond motifs is 1. The van der Waals surface area contributed by atoms with Gasteiger partial charge in [0.05, 0.1) is 13.5 Å². The van der Waals surface area contributed by atoms with Crippen molar-refractivity contribution in [2.24, 2.45) is 0 Å². The summed E-state index contributed by atoms with van der Waals surface area (Å²) in [5.74, 6) is 0.324. The maximum atomic E-state index is 10.8. The minimum Gasteiger partial charge on any atom is -0.496 e. The molecule has 0 unspecified atom stereocenters. The van der Waals surface area contributed by atoms with Gasteiger partial charge in [0.1, 0.15) is 5.75 Å². The van der Waals surface area contributed by atoms with Crippen molar-refractivity contribution >= 4 is 5.97 Å². The summed E-state index contributed by atoms with van der Waals surface area (Å²) in [6.07, 6.45) is 3.23. The largest absolute Gasteiger partial charge is 0.496 e. The second-order valence-corrected chi connectivity index (χ2v) is 4.22. The van der Waals surface area contributed by atoms with Gasteiger partial charge in [0, 0.05) is 0 Å². The highest BCUT2D eigenvalue weighted by Crippen LogP contribution is 2.38. The first kappa shape index (κ1) is 11.0. The Balaban J connectivity index is 2.35. The highest BCUT2D eigenvalue weighted by Gasteiger charge is 2.24. The van der Waals surface area contributed by atoms with Crippen LogP contribution in [0.15, 0.2) is 18.2 Å². The Hall–Kier alpha value is -1.51. The number of hydrogen-bond donors (Lipinski definition) is 1. The number of hydrogen-bond acceptors (Lipinski definition) is 2. The van der Waals surface area contributed by atoms with Crippen molar-refractivity contribution < 1.29 is 14.6 Å². The first-order chi connectivity index (χ1) is 7.72. The molecule has 1 aliphatic carbocycles. The van der Waals surface area contributed by atoms with E-state index in [4.69, 9.17) is 9.84 Å². The Labute approximate surface area is 95.0 Å². The molecule has 1 N–H and O–H groups in total. The first-order valence-corrected chi connectivity index (χ1v) is 5.60. The molecule has 1 aromatic carbocycles. The molecule has 3 nitrogen and oxygen atoms in total. The average Bonchev–Trinajstić information content (AvgIpc) is 2.28. The van der Waals surface area contributed by atoms with E-state index < -0.39 is 5.97 Å². The van der Waals surface area contributed by atoms with Crippen LogP contribution in [0.3, 0.4) is 0 Å². The van der Waals surface area contributed by atoms with E-state index in [9.17, 15) is 4.79 Å². The van der Waals surface area contributed by atoms with Crippen LogP contribution in [-0.4, -0.2) is 18.2 Å². The van der Waals surface area contributed by atoms with Crippen molar-refractivity contribution in [2.75, 3.05) is 7.11 Å². The molecular weight excluding hydrogens is 204 g/mol. The predicted octanol–water partition coefficient (Wildman–Crippen LogP) is 2.59. The van der Waals surface area contributed by atoms with Crippen LogP contribution in [0.25, 0.3) is 0 Å².